The van der Waals surface area contributed by atoms with Crippen LogP contribution in [0, 0.1) is 6.92 Å². The van der Waals surface area contributed by atoms with Crippen molar-refractivity contribution in [1.29, 1.82) is 0 Å². The summed E-state index contributed by atoms with van der Waals surface area (Å²) in [6, 6.07) is 6.55. The first-order valence-electron chi connectivity index (χ1n) is 5.31. The van der Waals surface area contributed by atoms with Gasteiger partial charge in [0.25, 0.3) is 0 Å². The zero-order valence-electron chi connectivity index (χ0n) is 9.39. The van der Waals surface area contributed by atoms with Gasteiger partial charge in [0.1, 0.15) is 0 Å². The molecule has 0 radical (unpaired) electrons. The van der Waals surface area contributed by atoms with Crippen molar-refractivity contribution in [1.82, 2.24) is 5.32 Å². The van der Waals surface area contributed by atoms with Crippen LogP contribution in [-0.2, 0) is 0 Å². The maximum Gasteiger partial charge on any atom is 0.0514 e. The van der Waals surface area contributed by atoms with Gasteiger partial charge in [0, 0.05) is 4.47 Å². The van der Waals surface area contributed by atoms with Crippen LogP contribution < -0.4 is 5.32 Å². The first-order chi connectivity index (χ1) is 7.20. The van der Waals surface area contributed by atoms with E-state index in [0.717, 1.165) is 13.0 Å². The monoisotopic (exact) mass is 267 g/mol. The van der Waals surface area contributed by atoms with Gasteiger partial charge in [0.05, 0.1) is 6.04 Å². The van der Waals surface area contributed by atoms with E-state index in [1.165, 1.54) is 15.6 Å². The molecule has 1 aromatic rings. The van der Waals surface area contributed by atoms with Gasteiger partial charge in [-0.1, -0.05) is 47.1 Å². The van der Waals surface area contributed by atoms with Gasteiger partial charge in [0.2, 0.25) is 0 Å². The highest BCUT2D eigenvalue weighted by Crippen LogP contribution is 2.27. The van der Waals surface area contributed by atoms with Crippen molar-refractivity contribution in [2.75, 3.05) is 6.54 Å². The minimum atomic E-state index is 0.235. The summed E-state index contributed by atoms with van der Waals surface area (Å²) in [5.41, 5.74) is 2.52. The molecule has 15 heavy (non-hydrogen) atoms. The lowest BCUT2D eigenvalue weighted by Crippen LogP contribution is -2.20. The van der Waals surface area contributed by atoms with E-state index in [0.29, 0.717) is 0 Å². The van der Waals surface area contributed by atoms with Crippen LogP contribution >= 0.6 is 15.9 Å². The predicted molar refractivity (Wildman–Crippen MR) is 70.1 cm³/mol. The summed E-state index contributed by atoms with van der Waals surface area (Å²) in [4.78, 5) is 0. The average Bonchev–Trinajstić information content (AvgIpc) is 2.25. The van der Waals surface area contributed by atoms with E-state index in [2.05, 4.69) is 59.9 Å². The fourth-order valence-corrected chi connectivity index (χ4v) is 2.04. The van der Waals surface area contributed by atoms with E-state index in [1.54, 1.807) is 0 Å². The van der Waals surface area contributed by atoms with Crippen molar-refractivity contribution in [2.45, 2.75) is 26.3 Å². The Labute approximate surface area is 101 Å². The number of hydrogen-bond acceptors (Lipinski definition) is 1. The van der Waals surface area contributed by atoms with Crippen molar-refractivity contribution in [3.05, 3.63) is 46.5 Å². The largest absolute Gasteiger partial charge is 0.307 e. The van der Waals surface area contributed by atoms with Crippen LogP contribution in [0.25, 0.3) is 0 Å². The molecule has 0 aliphatic heterocycles. The molecule has 1 atom stereocenters. The number of hydrogen-bond donors (Lipinski definition) is 1. The van der Waals surface area contributed by atoms with E-state index >= 15 is 0 Å². The van der Waals surface area contributed by atoms with Gasteiger partial charge in [-0.2, -0.15) is 0 Å². The lowest BCUT2D eigenvalue weighted by atomic mass is 10.0. The molecular weight excluding hydrogens is 250 g/mol. The molecule has 82 valence electrons. The quantitative estimate of drug-likeness (QED) is 0.796. The highest BCUT2D eigenvalue weighted by atomic mass is 79.9. The van der Waals surface area contributed by atoms with Crippen molar-refractivity contribution in [3.63, 3.8) is 0 Å². The zero-order chi connectivity index (χ0) is 11.3. The number of benzene rings is 1. The van der Waals surface area contributed by atoms with E-state index in [1.807, 2.05) is 6.08 Å². The SMILES string of the molecule is C=CC(NCCC)c1cccc(C)c1Br. The fourth-order valence-electron chi connectivity index (χ4n) is 1.53. The van der Waals surface area contributed by atoms with E-state index in [4.69, 9.17) is 0 Å². The third-order valence-corrected chi connectivity index (χ3v) is 3.49. The molecule has 1 rings (SSSR count). The summed E-state index contributed by atoms with van der Waals surface area (Å²) in [6.07, 6.45) is 3.09. The highest BCUT2D eigenvalue weighted by Gasteiger charge is 2.10. The predicted octanol–water partition coefficient (Wildman–Crippen LogP) is 3.98. The summed E-state index contributed by atoms with van der Waals surface area (Å²) < 4.78 is 1.18. The van der Waals surface area contributed by atoms with Gasteiger partial charge >= 0.3 is 0 Å². The summed E-state index contributed by atoms with van der Waals surface area (Å²) >= 11 is 3.63. The molecule has 0 saturated carbocycles. The maximum atomic E-state index is 3.88. The van der Waals surface area contributed by atoms with Crippen LogP contribution in [0.3, 0.4) is 0 Å². The molecular formula is C13H18BrN. The minimum absolute atomic E-state index is 0.235. The Hall–Kier alpha value is -0.600. The molecule has 0 heterocycles. The van der Waals surface area contributed by atoms with Crippen LogP contribution in [0.4, 0.5) is 0 Å². The molecule has 0 spiro atoms. The molecule has 1 N–H and O–H groups in total. The number of rotatable bonds is 5. The van der Waals surface area contributed by atoms with Crippen LogP contribution in [0.5, 0.6) is 0 Å². The average molecular weight is 268 g/mol. The zero-order valence-corrected chi connectivity index (χ0v) is 11.0. The molecule has 0 saturated heterocycles. The molecule has 0 aliphatic carbocycles. The number of halogens is 1. The Morgan fingerprint density at radius 1 is 1.53 bits per heavy atom. The molecule has 1 nitrogen and oxygen atoms in total. The van der Waals surface area contributed by atoms with Gasteiger partial charge < -0.3 is 5.32 Å². The first-order valence-corrected chi connectivity index (χ1v) is 6.11. The van der Waals surface area contributed by atoms with Crippen molar-refractivity contribution in [2.24, 2.45) is 0 Å². The second-order valence-electron chi connectivity index (χ2n) is 3.65. The molecule has 0 amide bonds. The standard InChI is InChI=1S/C13H18BrN/c1-4-9-15-12(5-2)11-8-6-7-10(3)13(11)14/h5-8,12,15H,2,4,9H2,1,3H3. The summed E-state index contributed by atoms with van der Waals surface area (Å²) in [7, 11) is 0. The fraction of sp³-hybridized carbons (Fsp3) is 0.385. The smallest absolute Gasteiger partial charge is 0.0514 e. The van der Waals surface area contributed by atoms with Crippen molar-refractivity contribution < 1.29 is 0 Å². The van der Waals surface area contributed by atoms with Crippen LogP contribution in [0.15, 0.2) is 35.3 Å². The summed E-state index contributed by atoms with van der Waals surface area (Å²) in [5, 5.41) is 3.46. The Balaban J connectivity index is 2.91. The van der Waals surface area contributed by atoms with E-state index in [9.17, 15) is 0 Å². The molecule has 0 aromatic heterocycles. The molecule has 1 aromatic carbocycles. The molecule has 0 bridgehead atoms. The van der Waals surface area contributed by atoms with Crippen LogP contribution in [-0.4, -0.2) is 6.54 Å². The molecule has 0 fully saturated rings. The third-order valence-electron chi connectivity index (χ3n) is 2.41. The molecule has 0 aliphatic rings. The van der Waals surface area contributed by atoms with E-state index in [-0.39, 0.29) is 6.04 Å². The van der Waals surface area contributed by atoms with Crippen LogP contribution in [0.1, 0.15) is 30.5 Å². The lowest BCUT2D eigenvalue weighted by Gasteiger charge is -2.17. The van der Waals surface area contributed by atoms with E-state index < -0.39 is 0 Å². The van der Waals surface area contributed by atoms with Gasteiger partial charge in [-0.05, 0) is 31.0 Å². The normalized spacial score (nSPS) is 12.5. The maximum absolute atomic E-state index is 3.88. The summed E-state index contributed by atoms with van der Waals surface area (Å²) in [5.74, 6) is 0. The molecule has 2 heteroatoms. The van der Waals surface area contributed by atoms with Gasteiger partial charge in [-0.15, -0.1) is 6.58 Å². The second kappa shape index (κ2) is 6.09. The molecule has 1 unspecified atom stereocenters. The van der Waals surface area contributed by atoms with Crippen molar-refractivity contribution >= 4 is 15.9 Å². The van der Waals surface area contributed by atoms with Crippen LogP contribution in [0.2, 0.25) is 0 Å². The lowest BCUT2D eigenvalue weighted by molar-refractivity contribution is 0.611. The van der Waals surface area contributed by atoms with Gasteiger partial charge in [-0.3, -0.25) is 0 Å². The number of nitrogens with one attached hydrogen (secondary N) is 1. The first kappa shape index (κ1) is 12.5. The minimum Gasteiger partial charge on any atom is -0.307 e. The summed E-state index contributed by atoms with van der Waals surface area (Å²) in [6.45, 7) is 9.16. The van der Waals surface area contributed by atoms with Crippen molar-refractivity contribution in [3.8, 4) is 0 Å². The Morgan fingerprint density at radius 3 is 2.87 bits per heavy atom. The topological polar surface area (TPSA) is 12.0 Å². The Kier molecular flexibility index (Phi) is 5.06. The van der Waals surface area contributed by atoms with Gasteiger partial charge in [-0.25, -0.2) is 0 Å². The van der Waals surface area contributed by atoms with Gasteiger partial charge in [0.15, 0.2) is 0 Å². The Morgan fingerprint density at radius 2 is 2.27 bits per heavy atom. The highest BCUT2D eigenvalue weighted by molar-refractivity contribution is 9.10. The second-order valence-corrected chi connectivity index (χ2v) is 4.44. The Bertz CT molecular complexity index is 333. The number of aryl methyl sites for hydroxylation is 1. The third kappa shape index (κ3) is 3.18.